The highest BCUT2D eigenvalue weighted by Gasteiger charge is 2.06. The zero-order valence-corrected chi connectivity index (χ0v) is 10.0. The molecule has 1 aromatic carbocycles. The maximum absolute atomic E-state index is 4.48. The number of aryl methyl sites for hydroxylation is 2. The molecule has 0 saturated carbocycles. The molecule has 0 aliphatic rings. The highest BCUT2D eigenvalue weighted by molar-refractivity contribution is 5.65. The molecule has 0 unspecified atom stereocenters. The molecule has 3 rings (SSSR count). The number of hydrogen-bond donors (Lipinski definition) is 0. The first-order valence-electron chi connectivity index (χ1n) is 5.75. The Labute approximate surface area is 101 Å². The summed E-state index contributed by atoms with van der Waals surface area (Å²) in [7, 11) is 0. The molecule has 3 aromatic rings. The molecule has 84 valence electrons. The quantitative estimate of drug-likeness (QED) is 0.614. The normalized spacial score (nSPS) is 10.9. The molecule has 2 aromatic heterocycles. The second kappa shape index (κ2) is 3.74. The van der Waals surface area contributed by atoms with Gasteiger partial charge in [-0.3, -0.25) is 4.40 Å². The minimum Gasteiger partial charge on any atom is -0.299 e. The van der Waals surface area contributed by atoms with E-state index in [1.54, 1.807) is 0 Å². The van der Waals surface area contributed by atoms with Gasteiger partial charge in [0.1, 0.15) is 5.65 Å². The third kappa shape index (κ3) is 1.62. The Balaban J connectivity index is 2.24. The Morgan fingerprint density at radius 1 is 1.00 bits per heavy atom. The van der Waals surface area contributed by atoms with Gasteiger partial charge in [0, 0.05) is 11.8 Å². The zero-order valence-electron chi connectivity index (χ0n) is 10.0. The summed E-state index contributed by atoms with van der Waals surface area (Å²) in [6.07, 6.45) is 4.00. The largest absolute Gasteiger partial charge is 0.299 e. The van der Waals surface area contributed by atoms with Gasteiger partial charge in [0.05, 0.1) is 11.9 Å². The van der Waals surface area contributed by atoms with E-state index in [0.717, 1.165) is 11.3 Å². The van der Waals surface area contributed by atoms with E-state index in [1.165, 1.54) is 16.7 Å². The van der Waals surface area contributed by atoms with Gasteiger partial charge in [0.15, 0.2) is 0 Å². The van der Waals surface area contributed by atoms with Crippen molar-refractivity contribution >= 4 is 5.65 Å². The Kier molecular flexibility index (Phi) is 2.22. The number of imidazole rings is 1. The molecule has 2 nitrogen and oxygen atoms in total. The van der Waals surface area contributed by atoms with Gasteiger partial charge < -0.3 is 0 Å². The molecule has 0 fully saturated rings. The third-order valence-electron chi connectivity index (χ3n) is 3.08. The van der Waals surface area contributed by atoms with Crippen molar-refractivity contribution in [1.29, 1.82) is 0 Å². The van der Waals surface area contributed by atoms with Gasteiger partial charge in [0.2, 0.25) is 0 Å². The second-order valence-corrected chi connectivity index (χ2v) is 4.39. The smallest absolute Gasteiger partial charge is 0.140 e. The maximum atomic E-state index is 4.48. The van der Waals surface area contributed by atoms with Crippen LogP contribution in [0.15, 0.2) is 48.8 Å². The van der Waals surface area contributed by atoms with Crippen molar-refractivity contribution in [3.05, 3.63) is 59.9 Å². The molecule has 0 spiro atoms. The fourth-order valence-electron chi connectivity index (χ4n) is 2.09. The average Bonchev–Trinajstić information content (AvgIpc) is 2.75. The van der Waals surface area contributed by atoms with Gasteiger partial charge >= 0.3 is 0 Å². The second-order valence-electron chi connectivity index (χ2n) is 4.39. The van der Waals surface area contributed by atoms with Crippen LogP contribution in [0.5, 0.6) is 0 Å². The van der Waals surface area contributed by atoms with Gasteiger partial charge in [-0.25, -0.2) is 4.98 Å². The average molecular weight is 222 g/mol. The van der Waals surface area contributed by atoms with Gasteiger partial charge in [-0.05, 0) is 25.5 Å². The molecule has 0 bridgehead atoms. The van der Waals surface area contributed by atoms with E-state index in [9.17, 15) is 0 Å². The van der Waals surface area contributed by atoms with Crippen molar-refractivity contribution < 1.29 is 0 Å². The summed E-state index contributed by atoms with van der Waals surface area (Å²) >= 11 is 0. The minimum absolute atomic E-state index is 1.03. The fraction of sp³-hybridized carbons (Fsp3) is 0.133. The summed E-state index contributed by atoms with van der Waals surface area (Å²) < 4.78 is 2.14. The molecule has 2 heteroatoms. The summed E-state index contributed by atoms with van der Waals surface area (Å²) in [5, 5.41) is 0. The molecule has 17 heavy (non-hydrogen) atoms. The maximum Gasteiger partial charge on any atom is 0.140 e. The first kappa shape index (κ1) is 10.1. The van der Waals surface area contributed by atoms with E-state index in [1.807, 2.05) is 6.20 Å². The van der Waals surface area contributed by atoms with Crippen LogP contribution in [0.3, 0.4) is 0 Å². The topological polar surface area (TPSA) is 17.3 Å². The fourth-order valence-corrected chi connectivity index (χ4v) is 2.09. The highest BCUT2D eigenvalue weighted by Crippen LogP contribution is 2.22. The highest BCUT2D eigenvalue weighted by atomic mass is 15.0. The van der Waals surface area contributed by atoms with Crippen LogP contribution in [0.25, 0.3) is 16.9 Å². The molecule has 0 N–H and O–H groups in total. The van der Waals surface area contributed by atoms with Crippen molar-refractivity contribution in [2.24, 2.45) is 0 Å². The number of nitrogens with zero attached hydrogens (tertiary/aromatic N) is 2. The van der Waals surface area contributed by atoms with Crippen LogP contribution in [0.4, 0.5) is 0 Å². The van der Waals surface area contributed by atoms with Crippen LogP contribution in [0.1, 0.15) is 11.1 Å². The summed E-state index contributed by atoms with van der Waals surface area (Å²) in [4.78, 5) is 4.48. The lowest BCUT2D eigenvalue weighted by atomic mass is 10.1. The monoisotopic (exact) mass is 222 g/mol. The van der Waals surface area contributed by atoms with Crippen LogP contribution in [0, 0.1) is 13.8 Å². The van der Waals surface area contributed by atoms with Crippen LogP contribution in [-0.4, -0.2) is 9.38 Å². The Morgan fingerprint density at radius 2 is 1.76 bits per heavy atom. The first-order chi connectivity index (χ1) is 8.25. The van der Waals surface area contributed by atoms with E-state index >= 15 is 0 Å². The van der Waals surface area contributed by atoms with Gasteiger partial charge in [-0.1, -0.05) is 35.9 Å². The zero-order chi connectivity index (χ0) is 11.8. The SMILES string of the molecule is Cc1ccc(-c2cnc3c(C)cccn23)cc1. The van der Waals surface area contributed by atoms with Crippen molar-refractivity contribution in [2.45, 2.75) is 13.8 Å². The standard InChI is InChI=1S/C15H14N2/c1-11-5-7-13(8-6-11)14-10-16-15-12(2)4-3-9-17(14)15/h3-10H,1-2H3. The van der Waals surface area contributed by atoms with Crippen molar-refractivity contribution in [2.75, 3.05) is 0 Å². The lowest BCUT2D eigenvalue weighted by Crippen LogP contribution is -1.89. The lowest BCUT2D eigenvalue weighted by molar-refractivity contribution is 1.17. The van der Waals surface area contributed by atoms with Crippen LogP contribution in [0.2, 0.25) is 0 Å². The summed E-state index contributed by atoms with van der Waals surface area (Å²) in [6.45, 7) is 4.18. The number of benzene rings is 1. The molecule has 0 atom stereocenters. The Hall–Kier alpha value is -2.09. The third-order valence-corrected chi connectivity index (χ3v) is 3.08. The van der Waals surface area contributed by atoms with E-state index in [-0.39, 0.29) is 0 Å². The summed E-state index contributed by atoms with van der Waals surface area (Å²) in [6, 6.07) is 12.7. The molecule has 0 aliphatic heterocycles. The van der Waals surface area contributed by atoms with E-state index in [4.69, 9.17) is 0 Å². The van der Waals surface area contributed by atoms with Crippen LogP contribution in [-0.2, 0) is 0 Å². The predicted octanol–water partition coefficient (Wildman–Crippen LogP) is 3.62. The Bertz CT molecular complexity index is 663. The van der Waals surface area contributed by atoms with Gasteiger partial charge in [0.25, 0.3) is 0 Å². The van der Waals surface area contributed by atoms with Gasteiger partial charge in [-0.15, -0.1) is 0 Å². The van der Waals surface area contributed by atoms with Gasteiger partial charge in [-0.2, -0.15) is 0 Å². The first-order valence-corrected chi connectivity index (χ1v) is 5.75. The minimum atomic E-state index is 1.03. The summed E-state index contributed by atoms with van der Waals surface area (Å²) in [5.74, 6) is 0. The van der Waals surface area contributed by atoms with E-state index in [2.05, 4.69) is 65.8 Å². The van der Waals surface area contributed by atoms with Crippen LogP contribution >= 0.6 is 0 Å². The molecule has 0 amide bonds. The van der Waals surface area contributed by atoms with Crippen molar-refractivity contribution in [3.63, 3.8) is 0 Å². The molecule has 0 radical (unpaired) electrons. The van der Waals surface area contributed by atoms with Crippen LogP contribution < -0.4 is 0 Å². The Morgan fingerprint density at radius 3 is 2.53 bits per heavy atom. The predicted molar refractivity (Wildman–Crippen MR) is 70.1 cm³/mol. The van der Waals surface area contributed by atoms with Crippen molar-refractivity contribution in [3.8, 4) is 11.3 Å². The summed E-state index contributed by atoms with van der Waals surface area (Å²) in [5.41, 5.74) is 5.85. The van der Waals surface area contributed by atoms with E-state index in [0.29, 0.717) is 0 Å². The number of rotatable bonds is 1. The molecular formula is C15H14N2. The molecular weight excluding hydrogens is 208 g/mol. The number of hydrogen-bond acceptors (Lipinski definition) is 1. The van der Waals surface area contributed by atoms with Crippen molar-refractivity contribution in [1.82, 2.24) is 9.38 Å². The molecule has 2 heterocycles. The number of pyridine rings is 1. The van der Waals surface area contributed by atoms with E-state index < -0.39 is 0 Å². The number of fused-ring (bicyclic) bond motifs is 1. The lowest BCUT2D eigenvalue weighted by Gasteiger charge is -2.03. The molecule has 0 saturated heterocycles. The number of aromatic nitrogens is 2. The molecule has 0 aliphatic carbocycles.